The van der Waals surface area contributed by atoms with Gasteiger partial charge in [-0.15, -0.1) is 0 Å². The van der Waals surface area contributed by atoms with Crippen molar-refractivity contribution in [2.45, 2.75) is 38.2 Å². The van der Waals surface area contributed by atoms with Crippen molar-refractivity contribution in [1.82, 2.24) is 0 Å². The molecule has 0 aromatic carbocycles. The first-order valence-corrected chi connectivity index (χ1v) is 7.99. The summed E-state index contributed by atoms with van der Waals surface area (Å²) in [5.74, 6) is 3.98. The van der Waals surface area contributed by atoms with Crippen LogP contribution in [0.5, 0.6) is 0 Å². The number of aldehydes is 1. The van der Waals surface area contributed by atoms with Gasteiger partial charge in [-0.05, 0) is 67.6 Å². The van der Waals surface area contributed by atoms with Crippen molar-refractivity contribution < 1.29 is 14.3 Å². The van der Waals surface area contributed by atoms with Gasteiger partial charge in [-0.25, -0.2) is 4.79 Å². The summed E-state index contributed by atoms with van der Waals surface area (Å²) in [5.41, 5.74) is 0. The van der Waals surface area contributed by atoms with E-state index in [0.29, 0.717) is 17.8 Å². The van der Waals surface area contributed by atoms with Crippen LogP contribution in [0.2, 0.25) is 0 Å². The molecule has 0 aliphatic heterocycles. The zero-order valence-corrected chi connectivity index (χ0v) is 11.7. The molecule has 0 radical (unpaired) electrons. The van der Waals surface area contributed by atoms with E-state index in [1.54, 1.807) is 0 Å². The van der Waals surface area contributed by atoms with Crippen LogP contribution in [0, 0.1) is 41.4 Å². The Morgan fingerprint density at radius 2 is 1.85 bits per heavy atom. The molecule has 0 heterocycles. The van der Waals surface area contributed by atoms with Gasteiger partial charge >= 0.3 is 5.97 Å². The van der Waals surface area contributed by atoms with Crippen LogP contribution in [-0.2, 0) is 14.3 Å². The first-order valence-electron chi connectivity index (χ1n) is 7.99. The van der Waals surface area contributed by atoms with Crippen molar-refractivity contribution in [1.29, 1.82) is 0 Å². The van der Waals surface area contributed by atoms with E-state index in [4.69, 9.17) is 4.74 Å². The minimum absolute atomic E-state index is 0.0761. The predicted molar refractivity (Wildman–Crippen MR) is 73.7 cm³/mol. The van der Waals surface area contributed by atoms with E-state index in [-0.39, 0.29) is 18.0 Å². The van der Waals surface area contributed by atoms with Gasteiger partial charge in [-0.3, -0.25) is 0 Å². The number of carbonyl (C=O) groups is 2. The Hall–Kier alpha value is -1.12. The highest BCUT2D eigenvalue weighted by atomic mass is 16.5. The molecule has 0 aromatic heterocycles. The third-order valence-corrected chi connectivity index (χ3v) is 6.65. The van der Waals surface area contributed by atoms with Crippen LogP contribution < -0.4 is 0 Å². The molecule has 3 heteroatoms. The van der Waals surface area contributed by atoms with E-state index in [2.05, 4.69) is 6.58 Å². The minimum Gasteiger partial charge on any atom is -0.459 e. The van der Waals surface area contributed by atoms with Crippen LogP contribution in [0.25, 0.3) is 0 Å². The molecule has 0 saturated heterocycles. The largest absolute Gasteiger partial charge is 0.459 e. The summed E-state index contributed by atoms with van der Waals surface area (Å²) in [6.07, 6.45) is 8.42. The number of hydrogen-bond donors (Lipinski definition) is 0. The van der Waals surface area contributed by atoms with Gasteiger partial charge in [0.1, 0.15) is 12.4 Å². The molecular weight excluding hydrogens is 252 g/mol. The molecule has 4 aliphatic carbocycles. The van der Waals surface area contributed by atoms with Gasteiger partial charge in [-0.1, -0.05) is 6.58 Å². The molecule has 4 rings (SSSR count). The average molecular weight is 274 g/mol. The van der Waals surface area contributed by atoms with Crippen molar-refractivity contribution >= 4 is 12.3 Å². The molecule has 0 N–H and O–H groups in total. The maximum Gasteiger partial charge on any atom is 0.330 e. The fourth-order valence-corrected chi connectivity index (χ4v) is 6.16. The van der Waals surface area contributed by atoms with Crippen molar-refractivity contribution in [3.63, 3.8) is 0 Å². The van der Waals surface area contributed by atoms with Gasteiger partial charge in [0.15, 0.2) is 0 Å². The molecule has 0 amide bonds. The lowest BCUT2D eigenvalue weighted by molar-refractivity contribution is -0.146. The lowest BCUT2D eigenvalue weighted by atomic mass is 9.63. The van der Waals surface area contributed by atoms with Crippen LogP contribution in [0.1, 0.15) is 32.1 Å². The summed E-state index contributed by atoms with van der Waals surface area (Å²) in [4.78, 5) is 22.8. The molecule has 4 bridgehead atoms. The van der Waals surface area contributed by atoms with Gasteiger partial charge in [0.25, 0.3) is 0 Å². The number of ether oxygens (including phenoxy) is 1. The summed E-state index contributed by atoms with van der Waals surface area (Å²) < 4.78 is 5.61. The van der Waals surface area contributed by atoms with Crippen molar-refractivity contribution in [3.05, 3.63) is 12.7 Å². The lowest BCUT2D eigenvalue weighted by Gasteiger charge is -2.42. The Morgan fingerprint density at radius 1 is 1.05 bits per heavy atom. The molecule has 8 unspecified atom stereocenters. The Kier molecular flexibility index (Phi) is 2.80. The minimum atomic E-state index is -0.283. The highest BCUT2D eigenvalue weighted by Gasteiger charge is 2.60. The van der Waals surface area contributed by atoms with Crippen LogP contribution in [-0.4, -0.2) is 18.4 Å². The molecule has 108 valence electrons. The quantitative estimate of drug-likeness (QED) is 0.451. The zero-order valence-electron chi connectivity index (χ0n) is 11.7. The maximum absolute atomic E-state index is 11.5. The molecule has 20 heavy (non-hydrogen) atoms. The maximum atomic E-state index is 11.5. The molecule has 3 nitrogen and oxygen atoms in total. The van der Waals surface area contributed by atoms with Crippen LogP contribution in [0.15, 0.2) is 12.7 Å². The van der Waals surface area contributed by atoms with Gasteiger partial charge in [0.2, 0.25) is 0 Å². The Morgan fingerprint density at radius 3 is 2.60 bits per heavy atom. The first-order chi connectivity index (χ1) is 9.71. The van der Waals surface area contributed by atoms with Crippen LogP contribution in [0.4, 0.5) is 0 Å². The van der Waals surface area contributed by atoms with E-state index in [0.717, 1.165) is 30.6 Å². The van der Waals surface area contributed by atoms with Gasteiger partial charge < -0.3 is 9.53 Å². The molecule has 4 fully saturated rings. The standard InChI is InChI=1S/C17H22O3/c1-2-16(19)20-15-5-9-3-12-10-6-11(8-18)13(7-10)17(12)14(15)4-9/h2,8-15,17H,1,3-7H2. The van der Waals surface area contributed by atoms with E-state index in [9.17, 15) is 9.59 Å². The molecule has 0 spiro atoms. The second-order valence-corrected chi connectivity index (χ2v) is 7.35. The predicted octanol–water partition coefficient (Wildman–Crippen LogP) is 2.60. The summed E-state index contributed by atoms with van der Waals surface area (Å²) in [6.45, 7) is 3.50. The van der Waals surface area contributed by atoms with Crippen LogP contribution >= 0.6 is 0 Å². The van der Waals surface area contributed by atoms with Gasteiger partial charge in [-0.2, -0.15) is 0 Å². The second kappa shape index (κ2) is 4.44. The Balaban J connectivity index is 1.58. The molecule has 4 aliphatic rings. The zero-order chi connectivity index (χ0) is 13.9. The Labute approximate surface area is 119 Å². The summed E-state index contributed by atoms with van der Waals surface area (Å²) in [7, 11) is 0. The fourth-order valence-electron chi connectivity index (χ4n) is 6.16. The summed E-state index contributed by atoms with van der Waals surface area (Å²) in [6, 6.07) is 0. The number of hydrogen-bond acceptors (Lipinski definition) is 3. The average Bonchev–Trinajstić information content (AvgIpc) is 3.11. The van der Waals surface area contributed by atoms with E-state index >= 15 is 0 Å². The molecule has 4 saturated carbocycles. The van der Waals surface area contributed by atoms with E-state index in [1.807, 2.05) is 0 Å². The van der Waals surface area contributed by atoms with Crippen molar-refractivity contribution in [2.75, 3.05) is 0 Å². The normalized spacial score (nSPS) is 51.6. The van der Waals surface area contributed by atoms with Gasteiger partial charge in [0, 0.05) is 12.0 Å². The SMILES string of the molecule is C=CC(=O)OC1CC2CC3C4CC(C=O)C(C4)C3C1C2. The first kappa shape index (κ1) is 12.6. The fraction of sp³-hybridized carbons (Fsp3) is 0.765. The van der Waals surface area contributed by atoms with Gasteiger partial charge in [0.05, 0.1) is 0 Å². The summed E-state index contributed by atoms with van der Waals surface area (Å²) >= 11 is 0. The highest BCUT2D eigenvalue weighted by Crippen LogP contribution is 2.65. The van der Waals surface area contributed by atoms with Crippen LogP contribution in [0.3, 0.4) is 0 Å². The highest BCUT2D eigenvalue weighted by molar-refractivity contribution is 5.81. The lowest BCUT2D eigenvalue weighted by Crippen LogP contribution is -2.39. The topological polar surface area (TPSA) is 43.4 Å². The van der Waals surface area contributed by atoms with Crippen molar-refractivity contribution in [2.24, 2.45) is 41.4 Å². The third kappa shape index (κ3) is 1.64. The smallest absolute Gasteiger partial charge is 0.330 e. The third-order valence-electron chi connectivity index (χ3n) is 6.65. The second-order valence-electron chi connectivity index (χ2n) is 7.35. The molecule has 0 aromatic rings. The summed E-state index contributed by atoms with van der Waals surface area (Å²) in [5, 5.41) is 0. The number of rotatable bonds is 3. The van der Waals surface area contributed by atoms with Crippen molar-refractivity contribution in [3.8, 4) is 0 Å². The monoisotopic (exact) mass is 274 g/mol. The molecule has 8 atom stereocenters. The molecular formula is C17H22O3. The van der Waals surface area contributed by atoms with E-state index in [1.165, 1.54) is 31.6 Å². The number of esters is 1. The Bertz CT molecular complexity index is 457. The van der Waals surface area contributed by atoms with E-state index < -0.39 is 0 Å². The number of carbonyl (C=O) groups excluding carboxylic acids is 2. The number of fused-ring (bicyclic) bond motifs is 8.